The molecule has 0 spiro atoms. The van der Waals surface area contributed by atoms with Gasteiger partial charge in [0.2, 0.25) is 5.95 Å². The van der Waals surface area contributed by atoms with Crippen molar-refractivity contribution in [3.8, 4) is 11.5 Å². The monoisotopic (exact) mass is 354 g/mol. The first-order valence-corrected chi connectivity index (χ1v) is 8.24. The number of anilines is 3. The van der Waals surface area contributed by atoms with Crippen LogP contribution in [-0.2, 0) is 4.74 Å². The Morgan fingerprint density at radius 1 is 0.962 bits per heavy atom. The molecule has 0 amide bonds. The lowest BCUT2D eigenvalue weighted by Crippen LogP contribution is -2.10. The molecule has 0 radical (unpaired) electrons. The molecule has 3 aromatic rings. The molecule has 1 heterocycles. The number of fused-ring (bicyclic) bond motifs is 1. The molecule has 0 aliphatic heterocycles. The molecule has 1 aromatic heterocycles. The minimum absolute atomic E-state index is 0.479. The van der Waals surface area contributed by atoms with Gasteiger partial charge in [-0.1, -0.05) is 12.1 Å². The van der Waals surface area contributed by atoms with Gasteiger partial charge in [-0.05, 0) is 24.3 Å². The fraction of sp³-hybridized carbons (Fsp3) is 0.263. The molecule has 2 N–H and O–H groups in total. The van der Waals surface area contributed by atoms with E-state index in [0.717, 1.165) is 22.4 Å². The SMILES string of the molecule is COCCNc1nc(Nc2ccc(OC)cc2OC)nc2ccccc12. The van der Waals surface area contributed by atoms with Crippen molar-refractivity contribution in [3.05, 3.63) is 42.5 Å². The van der Waals surface area contributed by atoms with Gasteiger partial charge in [0.05, 0.1) is 32.0 Å². The lowest BCUT2D eigenvalue weighted by atomic mass is 10.2. The average molecular weight is 354 g/mol. The lowest BCUT2D eigenvalue weighted by Gasteiger charge is -2.14. The first-order chi connectivity index (χ1) is 12.7. The van der Waals surface area contributed by atoms with Crippen LogP contribution in [0.2, 0.25) is 0 Å². The summed E-state index contributed by atoms with van der Waals surface area (Å²) in [7, 11) is 4.90. The maximum absolute atomic E-state index is 5.43. The Balaban J connectivity index is 1.95. The van der Waals surface area contributed by atoms with Crippen LogP contribution < -0.4 is 20.1 Å². The first-order valence-electron chi connectivity index (χ1n) is 8.24. The molecule has 3 rings (SSSR count). The fourth-order valence-corrected chi connectivity index (χ4v) is 2.56. The zero-order valence-corrected chi connectivity index (χ0v) is 15.1. The van der Waals surface area contributed by atoms with Crippen molar-refractivity contribution in [1.29, 1.82) is 0 Å². The quantitative estimate of drug-likeness (QED) is 0.600. The number of rotatable bonds is 8. The second-order valence-corrected chi connectivity index (χ2v) is 5.52. The zero-order valence-electron chi connectivity index (χ0n) is 15.1. The molecule has 0 bridgehead atoms. The van der Waals surface area contributed by atoms with Gasteiger partial charge in [-0.2, -0.15) is 4.98 Å². The maximum Gasteiger partial charge on any atom is 0.229 e. The average Bonchev–Trinajstić information content (AvgIpc) is 2.68. The molecule has 7 heteroatoms. The summed E-state index contributed by atoms with van der Waals surface area (Å²) < 4.78 is 15.8. The van der Waals surface area contributed by atoms with Gasteiger partial charge in [-0.3, -0.25) is 0 Å². The normalized spacial score (nSPS) is 10.6. The van der Waals surface area contributed by atoms with Crippen LogP contribution in [0, 0.1) is 0 Å². The summed E-state index contributed by atoms with van der Waals surface area (Å²) in [6.45, 7) is 1.25. The molecule has 0 atom stereocenters. The van der Waals surface area contributed by atoms with E-state index in [1.54, 1.807) is 27.4 Å². The van der Waals surface area contributed by atoms with Crippen LogP contribution in [0.4, 0.5) is 17.5 Å². The highest BCUT2D eigenvalue weighted by Crippen LogP contribution is 2.31. The standard InChI is InChI=1S/C19H22N4O3/c1-24-11-10-20-18-14-6-4-5-7-15(14)21-19(23-18)22-16-9-8-13(25-2)12-17(16)26-3/h4-9,12H,10-11H2,1-3H3,(H2,20,21,22,23). The van der Waals surface area contributed by atoms with Gasteiger partial charge in [0.1, 0.15) is 17.3 Å². The van der Waals surface area contributed by atoms with Gasteiger partial charge in [0, 0.05) is 25.1 Å². The summed E-state index contributed by atoms with van der Waals surface area (Å²) in [5.74, 6) is 2.60. The van der Waals surface area contributed by atoms with Crippen LogP contribution in [0.1, 0.15) is 0 Å². The van der Waals surface area contributed by atoms with Crippen LogP contribution in [0.3, 0.4) is 0 Å². The molecule has 0 fully saturated rings. The third-order valence-corrected chi connectivity index (χ3v) is 3.86. The topological polar surface area (TPSA) is 77.5 Å². The molecular weight excluding hydrogens is 332 g/mol. The third kappa shape index (κ3) is 3.94. The molecule has 0 aliphatic carbocycles. The fourth-order valence-electron chi connectivity index (χ4n) is 2.56. The number of hydrogen-bond acceptors (Lipinski definition) is 7. The van der Waals surface area contributed by atoms with E-state index in [0.29, 0.717) is 30.6 Å². The van der Waals surface area contributed by atoms with Crippen LogP contribution in [0.25, 0.3) is 10.9 Å². The summed E-state index contributed by atoms with van der Waals surface area (Å²) in [4.78, 5) is 9.21. The second-order valence-electron chi connectivity index (χ2n) is 5.52. The van der Waals surface area contributed by atoms with Crippen LogP contribution in [-0.4, -0.2) is 44.4 Å². The highest BCUT2D eigenvalue weighted by atomic mass is 16.5. The summed E-state index contributed by atoms with van der Waals surface area (Å²) in [6, 6.07) is 13.4. The van der Waals surface area contributed by atoms with Gasteiger partial charge in [-0.25, -0.2) is 4.98 Å². The summed E-state index contributed by atoms with van der Waals surface area (Å²) in [5.41, 5.74) is 1.60. The van der Waals surface area contributed by atoms with Crippen LogP contribution >= 0.6 is 0 Å². The molecular formula is C19H22N4O3. The van der Waals surface area contributed by atoms with Crippen molar-refractivity contribution >= 4 is 28.4 Å². The minimum Gasteiger partial charge on any atom is -0.497 e. The van der Waals surface area contributed by atoms with Crippen molar-refractivity contribution in [2.24, 2.45) is 0 Å². The van der Waals surface area contributed by atoms with Gasteiger partial charge in [0.15, 0.2) is 0 Å². The first kappa shape index (κ1) is 17.8. The van der Waals surface area contributed by atoms with Crippen molar-refractivity contribution in [1.82, 2.24) is 9.97 Å². The van der Waals surface area contributed by atoms with E-state index in [2.05, 4.69) is 20.6 Å². The molecule has 136 valence electrons. The van der Waals surface area contributed by atoms with Gasteiger partial charge < -0.3 is 24.8 Å². The summed E-state index contributed by atoms with van der Waals surface area (Å²) in [6.07, 6.45) is 0. The minimum atomic E-state index is 0.479. The van der Waals surface area contributed by atoms with Gasteiger partial charge >= 0.3 is 0 Å². The molecule has 26 heavy (non-hydrogen) atoms. The van der Waals surface area contributed by atoms with Crippen molar-refractivity contribution in [2.75, 3.05) is 45.1 Å². The van der Waals surface area contributed by atoms with Gasteiger partial charge in [-0.15, -0.1) is 0 Å². The maximum atomic E-state index is 5.43. The Morgan fingerprint density at radius 2 is 1.81 bits per heavy atom. The predicted octanol–water partition coefficient (Wildman–Crippen LogP) is 3.45. The van der Waals surface area contributed by atoms with E-state index in [-0.39, 0.29) is 0 Å². The number of aromatic nitrogens is 2. The number of para-hydroxylation sites is 1. The second kappa shape index (κ2) is 8.35. The number of ether oxygens (including phenoxy) is 3. The number of nitrogens with zero attached hydrogens (tertiary/aromatic N) is 2. The predicted molar refractivity (Wildman–Crippen MR) is 103 cm³/mol. The number of nitrogens with one attached hydrogen (secondary N) is 2. The third-order valence-electron chi connectivity index (χ3n) is 3.86. The Hall–Kier alpha value is -3.06. The molecule has 0 unspecified atom stereocenters. The van der Waals surface area contributed by atoms with Crippen molar-refractivity contribution < 1.29 is 14.2 Å². The van der Waals surface area contributed by atoms with Gasteiger partial charge in [0.25, 0.3) is 0 Å². The smallest absolute Gasteiger partial charge is 0.229 e. The number of benzene rings is 2. The molecule has 0 saturated heterocycles. The Morgan fingerprint density at radius 3 is 2.58 bits per heavy atom. The highest BCUT2D eigenvalue weighted by Gasteiger charge is 2.10. The van der Waals surface area contributed by atoms with Crippen LogP contribution in [0.5, 0.6) is 11.5 Å². The highest BCUT2D eigenvalue weighted by molar-refractivity contribution is 5.90. The lowest BCUT2D eigenvalue weighted by molar-refractivity contribution is 0.210. The van der Waals surface area contributed by atoms with Crippen molar-refractivity contribution in [2.45, 2.75) is 0 Å². The molecule has 0 saturated carbocycles. The summed E-state index contributed by atoms with van der Waals surface area (Å²) >= 11 is 0. The van der Waals surface area contributed by atoms with E-state index in [9.17, 15) is 0 Å². The van der Waals surface area contributed by atoms with Crippen molar-refractivity contribution in [3.63, 3.8) is 0 Å². The largest absolute Gasteiger partial charge is 0.497 e. The Kier molecular flexibility index (Phi) is 5.70. The zero-order chi connectivity index (χ0) is 18.4. The van der Waals surface area contributed by atoms with E-state index in [1.807, 2.05) is 36.4 Å². The van der Waals surface area contributed by atoms with E-state index in [4.69, 9.17) is 14.2 Å². The number of hydrogen-bond donors (Lipinski definition) is 2. The summed E-state index contributed by atoms with van der Waals surface area (Å²) in [5, 5.41) is 7.47. The van der Waals surface area contributed by atoms with E-state index >= 15 is 0 Å². The molecule has 0 aliphatic rings. The van der Waals surface area contributed by atoms with Crippen LogP contribution in [0.15, 0.2) is 42.5 Å². The van der Waals surface area contributed by atoms with E-state index < -0.39 is 0 Å². The Labute approximate surface area is 152 Å². The van der Waals surface area contributed by atoms with E-state index in [1.165, 1.54) is 0 Å². The number of methoxy groups -OCH3 is 3. The Bertz CT molecular complexity index is 886. The molecule has 2 aromatic carbocycles. The molecule has 7 nitrogen and oxygen atoms in total.